The molecule has 20 heavy (non-hydrogen) atoms. The standard InChI is InChI=1S/C16H30O4/c1-11(2)8-16(9-13(17)18,15(5,6)7)14(19)20-10-12(3)4/h11-12H,8-10H2,1-7H3,(H,17,18). The van der Waals surface area contributed by atoms with Crippen LogP contribution in [0.25, 0.3) is 0 Å². The largest absolute Gasteiger partial charge is 0.481 e. The van der Waals surface area contributed by atoms with Crippen molar-refractivity contribution in [2.24, 2.45) is 22.7 Å². The number of aliphatic carboxylic acids is 1. The zero-order chi connectivity index (χ0) is 16.1. The van der Waals surface area contributed by atoms with Crippen molar-refractivity contribution in [1.29, 1.82) is 0 Å². The highest BCUT2D eigenvalue weighted by atomic mass is 16.5. The second-order valence-corrected chi connectivity index (χ2v) is 7.49. The maximum Gasteiger partial charge on any atom is 0.313 e. The first kappa shape index (κ1) is 18.9. The third kappa shape index (κ3) is 5.14. The van der Waals surface area contributed by atoms with E-state index in [-0.39, 0.29) is 24.2 Å². The van der Waals surface area contributed by atoms with Crippen LogP contribution in [0.3, 0.4) is 0 Å². The van der Waals surface area contributed by atoms with Crippen molar-refractivity contribution >= 4 is 11.9 Å². The smallest absolute Gasteiger partial charge is 0.313 e. The van der Waals surface area contributed by atoms with Crippen LogP contribution >= 0.6 is 0 Å². The molecule has 0 fully saturated rings. The molecule has 0 spiro atoms. The molecule has 1 N–H and O–H groups in total. The summed E-state index contributed by atoms with van der Waals surface area (Å²) in [5, 5.41) is 9.24. The minimum absolute atomic E-state index is 0.189. The molecule has 118 valence electrons. The average Bonchev–Trinajstić information content (AvgIpc) is 2.21. The number of esters is 1. The molecule has 0 aromatic heterocycles. The minimum Gasteiger partial charge on any atom is -0.481 e. The van der Waals surface area contributed by atoms with Crippen LogP contribution in [0.5, 0.6) is 0 Å². The molecular formula is C16H30O4. The zero-order valence-corrected chi connectivity index (χ0v) is 13.9. The van der Waals surface area contributed by atoms with Crippen LogP contribution in [0, 0.1) is 22.7 Å². The molecule has 0 bridgehead atoms. The van der Waals surface area contributed by atoms with Gasteiger partial charge in [-0.15, -0.1) is 0 Å². The van der Waals surface area contributed by atoms with Crippen LogP contribution in [-0.2, 0) is 14.3 Å². The molecule has 1 unspecified atom stereocenters. The SMILES string of the molecule is CC(C)COC(=O)C(CC(=O)O)(CC(C)C)C(C)(C)C. The Morgan fingerprint density at radius 3 is 1.85 bits per heavy atom. The van der Waals surface area contributed by atoms with Gasteiger partial charge in [0.05, 0.1) is 18.4 Å². The first-order chi connectivity index (χ1) is 8.92. The van der Waals surface area contributed by atoms with Crippen molar-refractivity contribution in [3.63, 3.8) is 0 Å². The van der Waals surface area contributed by atoms with Gasteiger partial charge in [0.15, 0.2) is 0 Å². The first-order valence-corrected chi connectivity index (χ1v) is 7.31. The topological polar surface area (TPSA) is 63.6 Å². The third-order valence-electron chi connectivity index (χ3n) is 3.58. The van der Waals surface area contributed by atoms with E-state index in [1.807, 2.05) is 48.5 Å². The second kappa shape index (κ2) is 7.09. The average molecular weight is 286 g/mol. The molecule has 0 rings (SSSR count). The number of hydrogen-bond donors (Lipinski definition) is 1. The Hall–Kier alpha value is -1.06. The van der Waals surface area contributed by atoms with Gasteiger partial charge < -0.3 is 9.84 Å². The van der Waals surface area contributed by atoms with Gasteiger partial charge in [0.2, 0.25) is 0 Å². The van der Waals surface area contributed by atoms with Crippen molar-refractivity contribution in [2.45, 2.75) is 61.3 Å². The van der Waals surface area contributed by atoms with Gasteiger partial charge in [0.1, 0.15) is 0 Å². The fraction of sp³-hybridized carbons (Fsp3) is 0.875. The van der Waals surface area contributed by atoms with Gasteiger partial charge in [-0.25, -0.2) is 0 Å². The normalized spacial score (nSPS) is 15.2. The summed E-state index contributed by atoms with van der Waals surface area (Å²) >= 11 is 0. The Labute approximate surface area is 122 Å². The number of carbonyl (C=O) groups excluding carboxylic acids is 1. The predicted molar refractivity (Wildman–Crippen MR) is 79.4 cm³/mol. The maximum atomic E-state index is 12.6. The molecule has 0 saturated heterocycles. The molecule has 0 saturated carbocycles. The number of carbonyl (C=O) groups is 2. The fourth-order valence-corrected chi connectivity index (χ4v) is 2.44. The maximum absolute atomic E-state index is 12.6. The number of carboxylic acid groups (broad SMARTS) is 1. The molecule has 1 atom stereocenters. The summed E-state index contributed by atoms with van der Waals surface area (Å²) in [5.41, 5.74) is -1.45. The van der Waals surface area contributed by atoms with E-state index in [1.54, 1.807) is 0 Å². The van der Waals surface area contributed by atoms with Crippen molar-refractivity contribution in [2.75, 3.05) is 6.61 Å². The van der Waals surface area contributed by atoms with E-state index in [1.165, 1.54) is 0 Å². The molecule has 4 nitrogen and oxygen atoms in total. The van der Waals surface area contributed by atoms with E-state index in [9.17, 15) is 14.7 Å². The van der Waals surface area contributed by atoms with Gasteiger partial charge in [0.25, 0.3) is 0 Å². The Kier molecular flexibility index (Phi) is 6.72. The van der Waals surface area contributed by atoms with Gasteiger partial charge in [-0.05, 0) is 23.7 Å². The monoisotopic (exact) mass is 286 g/mol. The lowest BCUT2D eigenvalue weighted by Gasteiger charge is -2.42. The molecule has 0 aliphatic rings. The summed E-state index contributed by atoms with van der Waals surface area (Å²) in [6.07, 6.45) is 0.325. The van der Waals surface area contributed by atoms with Gasteiger partial charge >= 0.3 is 11.9 Å². The third-order valence-corrected chi connectivity index (χ3v) is 3.58. The van der Waals surface area contributed by atoms with E-state index in [0.29, 0.717) is 13.0 Å². The van der Waals surface area contributed by atoms with Gasteiger partial charge in [0, 0.05) is 0 Å². The van der Waals surface area contributed by atoms with Crippen molar-refractivity contribution in [3.05, 3.63) is 0 Å². The number of rotatable bonds is 7. The number of hydrogen-bond acceptors (Lipinski definition) is 3. The predicted octanol–water partition coefficient (Wildman–Crippen LogP) is 3.74. The van der Waals surface area contributed by atoms with E-state index >= 15 is 0 Å². The van der Waals surface area contributed by atoms with Crippen molar-refractivity contribution in [1.82, 2.24) is 0 Å². The Morgan fingerprint density at radius 2 is 1.55 bits per heavy atom. The van der Waals surface area contributed by atoms with Crippen LogP contribution in [0.2, 0.25) is 0 Å². The number of carboxylic acids is 1. The molecule has 0 aromatic rings. The molecule has 0 amide bonds. The van der Waals surface area contributed by atoms with Gasteiger partial charge in [-0.3, -0.25) is 9.59 Å². The van der Waals surface area contributed by atoms with Crippen LogP contribution < -0.4 is 0 Å². The molecular weight excluding hydrogens is 256 g/mol. The summed E-state index contributed by atoms with van der Waals surface area (Å²) in [7, 11) is 0. The Morgan fingerprint density at radius 1 is 1.05 bits per heavy atom. The van der Waals surface area contributed by atoms with Crippen LogP contribution in [0.4, 0.5) is 0 Å². The summed E-state index contributed by atoms with van der Waals surface area (Å²) < 4.78 is 5.39. The second-order valence-electron chi connectivity index (χ2n) is 7.49. The van der Waals surface area contributed by atoms with Crippen LogP contribution in [0.15, 0.2) is 0 Å². The first-order valence-electron chi connectivity index (χ1n) is 7.31. The van der Waals surface area contributed by atoms with E-state index in [2.05, 4.69) is 0 Å². The highest BCUT2D eigenvalue weighted by Gasteiger charge is 2.51. The molecule has 0 aliphatic carbocycles. The van der Waals surface area contributed by atoms with Crippen molar-refractivity contribution in [3.8, 4) is 0 Å². The lowest BCUT2D eigenvalue weighted by Crippen LogP contribution is -2.47. The van der Waals surface area contributed by atoms with Crippen LogP contribution in [-0.4, -0.2) is 23.7 Å². The summed E-state index contributed by atoms with van der Waals surface area (Å²) in [5.74, 6) is -0.877. The van der Waals surface area contributed by atoms with Gasteiger partial charge in [-0.2, -0.15) is 0 Å². The minimum atomic E-state index is -0.984. The quantitative estimate of drug-likeness (QED) is 0.724. The lowest BCUT2D eigenvalue weighted by molar-refractivity contribution is -0.172. The Bertz CT molecular complexity index is 339. The van der Waals surface area contributed by atoms with E-state index in [4.69, 9.17) is 4.74 Å². The highest BCUT2D eigenvalue weighted by Crippen LogP contribution is 2.47. The summed E-state index contributed by atoms with van der Waals surface area (Å²) in [6, 6.07) is 0. The lowest BCUT2D eigenvalue weighted by atomic mass is 9.61. The summed E-state index contributed by atoms with van der Waals surface area (Å²) in [6.45, 7) is 14.0. The molecule has 0 heterocycles. The zero-order valence-electron chi connectivity index (χ0n) is 13.9. The molecule has 0 aliphatic heterocycles. The molecule has 4 heteroatoms. The Balaban J connectivity index is 5.48. The highest BCUT2D eigenvalue weighted by molar-refractivity contribution is 5.83. The molecule has 0 radical (unpaired) electrons. The number of ether oxygens (including phenoxy) is 1. The summed E-state index contributed by atoms with van der Waals surface area (Å²) in [4.78, 5) is 23.9. The van der Waals surface area contributed by atoms with Crippen LogP contribution in [0.1, 0.15) is 61.3 Å². The van der Waals surface area contributed by atoms with E-state index in [0.717, 1.165) is 0 Å². The van der Waals surface area contributed by atoms with Crippen molar-refractivity contribution < 1.29 is 19.4 Å². The fourth-order valence-electron chi connectivity index (χ4n) is 2.44. The van der Waals surface area contributed by atoms with E-state index < -0.39 is 16.8 Å². The molecule has 0 aromatic carbocycles. The van der Waals surface area contributed by atoms with Gasteiger partial charge in [-0.1, -0.05) is 48.5 Å².